The molecule has 16 heavy (non-hydrogen) atoms. The smallest absolute Gasteiger partial charge is 0.0463 e. The van der Waals surface area contributed by atoms with E-state index in [0.29, 0.717) is 0 Å². The number of H-pyrrole nitrogens is 2. The monoisotopic (exact) mass is 212 g/mol. The van der Waals surface area contributed by atoms with E-state index in [1.54, 1.807) is 0 Å². The van der Waals surface area contributed by atoms with Crippen LogP contribution in [0.25, 0.3) is 21.8 Å². The van der Waals surface area contributed by atoms with Gasteiger partial charge in [0.1, 0.15) is 0 Å². The highest BCUT2D eigenvalue weighted by molar-refractivity contribution is 6.05. The van der Waals surface area contributed by atoms with Gasteiger partial charge in [-0.05, 0) is 37.1 Å². The molecule has 0 bridgehead atoms. The van der Waals surface area contributed by atoms with E-state index >= 15 is 0 Å². The zero-order chi connectivity index (χ0) is 11.0. The fraction of sp³-hybridized carbons (Fsp3) is 0.286. The molecular formula is C14H16N2. The molecule has 0 atom stereocenters. The molecule has 0 spiro atoms. The van der Waals surface area contributed by atoms with Crippen LogP contribution in [0, 0.1) is 0 Å². The summed E-state index contributed by atoms with van der Waals surface area (Å²) in [6.07, 6.45) is 5.65. The Kier molecular flexibility index (Phi) is 2.21. The first-order chi connectivity index (χ1) is 7.88. The van der Waals surface area contributed by atoms with E-state index in [1.807, 2.05) is 6.20 Å². The lowest BCUT2D eigenvalue weighted by Gasteiger charge is -1.92. The second kappa shape index (κ2) is 3.71. The van der Waals surface area contributed by atoms with E-state index < -0.39 is 0 Å². The number of rotatable bonds is 3. The van der Waals surface area contributed by atoms with Gasteiger partial charge in [0, 0.05) is 33.7 Å². The Morgan fingerprint density at radius 1 is 1.06 bits per heavy atom. The third-order valence-electron chi connectivity index (χ3n) is 3.19. The summed E-state index contributed by atoms with van der Waals surface area (Å²) in [5, 5.41) is 2.65. The summed E-state index contributed by atoms with van der Waals surface area (Å²) in [5.41, 5.74) is 3.82. The normalized spacial score (nSPS) is 11.6. The summed E-state index contributed by atoms with van der Waals surface area (Å²) in [4.78, 5) is 6.75. The van der Waals surface area contributed by atoms with E-state index in [0.717, 1.165) is 6.42 Å². The molecule has 0 aliphatic carbocycles. The van der Waals surface area contributed by atoms with Crippen molar-refractivity contribution in [1.82, 2.24) is 9.97 Å². The van der Waals surface area contributed by atoms with E-state index in [1.165, 1.54) is 40.3 Å². The number of hydrogen-bond acceptors (Lipinski definition) is 0. The van der Waals surface area contributed by atoms with Crippen molar-refractivity contribution in [2.75, 3.05) is 0 Å². The van der Waals surface area contributed by atoms with Gasteiger partial charge in [-0.25, -0.2) is 0 Å². The minimum Gasteiger partial charge on any atom is -0.361 e. The summed E-state index contributed by atoms with van der Waals surface area (Å²) < 4.78 is 0. The van der Waals surface area contributed by atoms with Gasteiger partial charge in [-0.2, -0.15) is 0 Å². The van der Waals surface area contributed by atoms with Gasteiger partial charge in [0.2, 0.25) is 0 Å². The third-order valence-corrected chi connectivity index (χ3v) is 3.19. The van der Waals surface area contributed by atoms with E-state index in [4.69, 9.17) is 0 Å². The fourth-order valence-corrected chi connectivity index (χ4v) is 2.31. The van der Waals surface area contributed by atoms with E-state index in [-0.39, 0.29) is 0 Å². The SMILES string of the molecule is CCCCc1cc2c(ccc3[nH]ccc32)[nH]1. The maximum Gasteiger partial charge on any atom is 0.0463 e. The molecule has 2 nitrogen and oxygen atoms in total. The standard InChI is InChI=1S/C14H16N2/c1-2-3-4-10-9-12-11-7-8-15-13(11)5-6-14(12)16-10/h5-9,15-16H,2-4H2,1H3. The van der Waals surface area contributed by atoms with Crippen LogP contribution in [-0.2, 0) is 6.42 Å². The van der Waals surface area contributed by atoms with Crippen molar-refractivity contribution >= 4 is 21.8 Å². The van der Waals surface area contributed by atoms with Gasteiger partial charge in [-0.15, -0.1) is 0 Å². The molecule has 0 saturated heterocycles. The number of unbranched alkanes of at least 4 members (excludes halogenated alkanes) is 1. The zero-order valence-electron chi connectivity index (χ0n) is 9.51. The maximum absolute atomic E-state index is 3.50. The van der Waals surface area contributed by atoms with Crippen LogP contribution in [0.3, 0.4) is 0 Å². The van der Waals surface area contributed by atoms with E-state index in [2.05, 4.69) is 41.2 Å². The third kappa shape index (κ3) is 1.42. The van der Waals surface area contributed by atoms with Gasteiger partial charge < -0.3 is 9.97 Å². The molecule has 2 aromatic heterocycles. The molecule has 2 N–H and O–H groups in total. The number of nitrogens with one attached hydrogen (secondary N) is 2. The summed E-state index contributed by atoms with van der Waals surface area (Å²) >= 11 is 0. The summed E-state index contributed by atoms with van der Waals surface area (Å²) in [6.45, 7) is 2.23. The Morgan fingerprint density at radius 3 is 2.81 bits per heavy atom. The minimum absolute atomic E-state index is 1.15. The quantitative estimate of drug-likeness (QED) is 0.658. The van der Waals surface area contributed by atoms with Gasteiger partial charge in [-0.3, -0.25) is 0 Å². The van der Waals surface area contributed by atoms with Crippen molar-refractivity contribution in [2.24, 2.45) is 0 Å². The number of fused-ring (bicyclic) bond motifs is 3. The van der Waals surface area contributed by atoms with Gasteiger partial charge in [0.25, 0.3) is 0 Å². The van der Waals surface area contributed by atoms with Gasteiger partial charge >= 0.3 is 0 Å². The summed E-state index contributed by atoms with van der Waals surface area (Å²) in [6, 6.07) is 8.73. The molecule has 0 radical (unpaired) electrons. The van der Waals surface area contributed by atoms with Gasteiger partial charge in [0.05, 0.1) is 0 Å². The van der Waals surface area contributed by atoms with Gasteiger partial charge in [-0.1, -0.05) is 13.3 Å². The summed E-state index contributed by atoms with van der Waals surface area (Å²) in [5.74, 6) is 0. The van der Waals surface area contributed by atoms with Crippen LogP contribution in [0.1, 0.15) is 25.5 Å². The molecule has 2 heterocycles. The van der Waals surface area contributed by atoms with Crippen LogP contribution in [-0.4, -0.2) is 9.97 Å². The molecule has 0 aliphatic rings. The molecule has 2 heteroatoms. The summed E-state index contributed by atoms with van der Waals surface area (Å²) in [7, 11) is 0. The van der Waals surface area contributed by atoms with Crippen LogP contribution in [0.2, 0.25) is 0 Å². The lowest BCUT2D eigenvalue weighted by molar-refractivity contribution is 0.782. The Bertz CT molecular complexity index is 616. The number of hydrogen-bond donors (Lipinski definition) is 2. The average molecular weight is 212 g/mol. The maximum atomic E-state index is 3.50. The van der Waals surface area contributed by atoms with Gasteiger partial charge in [0.15, 0.2) is 0 Å². The Balaban J connectivity index is 2.15. The van der Waals surface area contributed by atoms with Crippen LogP contribution < -0.4 is 0 Å². The highest BCUT2D eigenvalue weighted by atomic mass is 14.7. The molecule has 0 unspecified atom stereocenters. The van der Waals surface area contributed by atoms with Crippen LogP contribution in [0.15, 0.2) is 30.5 Å². The largest absolute Gasteiger partial charge is 0.361 e. The number of aryl methyl sites for hydroxylation is 1. The average Bonchev–Trinajstić information content (AvgIpc) is 2.90. The van der Waals surface area contributed by atoms with Crippen molar-refractivity contribution in [3.8, 4) is 0 Å². The molecule has 0 amide bonds. The lowest BCUT2D eigenvalue weighted by Crippen LogP contribution is -1.82. The predicted octanol–water partition coefficient (Wildman–Crippen LogP) is 3.99. The molecule has 3 rings (SSSR count). The molecule has 0 aliphatic heterocycles. The topological polar surface area (TPSA) is 31.6 Å². The Labute approximate surface area is 94.7 Å². The van der Waals surface area contributed by atoms with Crippen molar-refractivity contribution in [3.05, 3.63) is 36.2 Å². The Morgan fingerprint density at radius 2 is 1.94 bits per heavy atom. The van der Waals surface area contributed by atoms with Crippen LogP contribution >= 0.6 is 0 Å². The predicted molar refractivity (Wildman–Crippen MR) is 68.8 cm³/mol. The second-order valence-electron chi connectivity index (χ2n) is 4.36. The molecular weight excluding hydrogens is 196 g/mol. The van der Waals surface area contributed by atoms with Crippen molar-refractivity contribution in [1.29, 1.82) is 0 Å². The van der Waals surface area contributed by atoms with E-state index in [9.17, 15) is 0 Å². The fourth-order valence-electron chi connectivity index (χ4n) is 2.31. The minimum atomic E-state index is 1.15. The number of aromatic amines is 2. The molecule has 0 saturated carbocycles. The molecule has 0 fully saturated rings. The second-order valence-corrected chi connectivity index (χ2v) is 4.36. The molecule has 1 aromatic carbocycles. The van der Waals surface area contributed by atoms with Crippen molar-refractivity contribution < 1.29 is 0 Å². The van der Waals surface area contributed by atoms with Crippen molar-refractivity contribution in [3.63, 3.8) is 0 Å². The van der Waals surface area contributed by atoms with Crippen LogP contribution in [0.4, 0.5) is 0 Å². The first-order valence-corrected chi connectivity index (χ1v) is 5.96. The first-order valence-electron chi connectivity index (χ1n) is 5.96. The zero-order valence-corrected chi connectivity index (χ0v) is 9.51. The highest BCUT2D eigenvalue weighted by Crippen LogP contribution is 2.25. The highest BCUT2D eigenvalue weighted by Gasteiger charge is 2.04. The molecule has 82 valence electrons. The number of benzene rings is 1. The first kappa shape index (κ1) is 9.52. The van der Waals surface area contributed by atoms with Crippen LogP contribution in [0.5, 0.6) is 0 Å². The lowest BCUT2D eigenvalue weighted by atomic mass is 10.1. The Hall–Kier alpha value is -1.70. The number of aromatic nitrogens is 2. The molecule has 3 aromatic rings. The van der Waals surface area contributed by atoms with Crippen molar-refractivity contribution in [2.45, 2.75) is 26.2 Å².